The number of amides is 1. The van der Waals surface area contributed by atoms with Crippen LogP contribution in [0.25, 0.3) is 10.8 Å². The van der Waals surface area contributed by atoms with Crippen molar-refractivity contribution in [2.75, 3.05) is 0 Å². The maximum Gasteiger partial charge on any atom is 0.277 e. The molecule has 25 heavy (non-hydrogen) atoms. The van der Waals surface area contributed by atoms with Crippen molar-refractivity contribution in [1.82, 2.24) is 20.5 Å². The number of nitrogens with one attached hydrogen (secondary N) is 1. The summed E-state index contributed by atoms with van der Waals surface area (Å²) in [6.07, 6.45) is 3.45. The number of carbonyl (C=O) groups excluding carboxylic acids is 1. The van der Waals surface area contributed by atoms with E-state index in [0.717, 1.165) is 10.4 Å². The standard InChI is InChI=1S/C17H18N4O2S2/c1-11(2)14(15(22)19-10-12-5-3-7-18-9-12)25-17-21-20-16(23-17)13-6-4-8-24-13/h3-9,11,14H,10H2,1-2H3,(H,19,22)/t14-/m0/s1. The van der Waals surface area contributed by atoms with Crippen molar-refractivity contribution < 1.29 is 9.21 Å². The van der Waals surface area contributed by atoms with Gasteiger partial charge in [0.05, 0.1) is 10.1 Å². The fourth-order valence-corrected chi connectivity index (χ4v) is 3.69. The van der Waals surface area contributed by atoms with Gasteiger partial charge in [-0.15, -0.1) is 21.5 Å². The van der Waals surface area contributed by atoms with E-state index in [-0.39, 0.29) is 17.1 Å². The molecular weight excluding hydrogens is 356 g/mol. The van der Waals surface area contributed by atoms with Gasteiger partial charge in [0.2, 0.25) is 5.91 Å². The number of thioether (sulfide) groups is 1. The fourth-order valence-electron chi connectivity index (χ4n) is 2.15. The molecule has 0 fully saturated rings. The van der Waals surface area contributed by atoms with Gasteiger partial charge >= 0.3 is 0 Å². The molecule has 0 spiro atoms. The smallest absolute Gasteiger partial charge is 0.277 e. The molecule has 0 aliphatic rings. The summed E-state index contributed by atoms with van der Waals surface area (Å²) in [6, 6.07) is 7.63. The minimum Gasteiger partial charge on any atom is -0.410 e. The van der Waals surface area contributed by atoms with Crippen molar-refractivity contribution in [3.8, 4) is 10.8 Å². The van der Waals surface area contributed by atoms with Crippen molar-refractivity contribution in [3.05, 3.63) is 47.6 Å². The highest BCUT2D eigenvalue weighted by atomic mass is 32.2. The molecule has 3 aromatic heterocycles. The number of hydrogen-bond donors (Lipinski definition) is 1. The summed E-state index contributed by atoms with van der Waals surface area (Å²) in [6.45, 7) is 4.44. The number of hydrogen-bond acceptors (Lipinski definition) is 7. The van der Waals surface area contributed by atoms with E-state index in [0.29, 0.717) is 17.7 Å². The third-order valence-corrected chi connectivity index (χ3v) is 5.66. The van der Waals surface area contributed by atoms with E-state index < -0.39 is 0 Å². The average molecular weight is 374 g/mol. The molecular formula is C17H18N4O2S2. The molecule has 3 rings (SSSR count). The number of rotatable bonds is 7. The zero-order chi connectivity index (χ0) is 17.6. The molecule has 0 radical (unpaired) electrons. The van der Waals surface area contributed by atoms with Crippen LogP contribution in [0.1, 0.15) is 19.4 Å². The second-order valence-electron chi connectivity index (χ2n) is 5.71. The zero-order valence-corrected chi connectivity index (χ0v) is 15.5. The summed E-state index contributed by atoms with van der Waals surface area (Å²) in [7, 11) is 0. The van der Waals surface area contributed by atoms with Crippen molar-refractivity contribution >= 4 is 29.0 Å². The normalized spacial score (nSPS) is 12.3. The second-order valence-corrected chi connectivity index (χ2v) is 7.75. The lowest BCUT2D eigenvalue weighted by atomic mass is 10.1. The Kier molecular flexibility index (Phi) is 5.83. The van der Waals surface area contributed by atoms with Gasteiger partial charge in [-0.25, -0.2) is 0 Å². The van der Waals surface area contributed by atoms with E-state index in [1.165, 1.54) is 23.1 Å². The van der Waals surface area contributed by atoms with E-state index in [1.54, 1.807) is 12.4 Å². The van der Waals surface area contributed by atoms with Crippen LogP contribution >= 0.6 is 23.1 Å². The Morgan fingerprint density at radius 1 is 1.32 bits per heavy atom. The lowest BCUT2D eigenvalue weighted by Crippen LogP contribution is -2.35. The minimum atomic E-state index is -0.312. The number of thiophene rings is 1. The minimum absolute atomic E-state index is 0.0558. The van der Waals surface area contributed by atoms with Crippen molar-refractivity contribution in [1.29, 1.82) is 0 Å². The Labute approximate surface area is 154 Å². The molecule has 3 aromatic rings. The maximum atomic E-state index is 12.6. The molecule has 3 heterocycles. The van der Waals surface area contributed by atoms with Crippen molar-refractivity contribution in [2.45, 2.75) is 30.9 Å². The number of aromatic nitrogens is 3. The van der Waals surface area contributed by atoms with Crippen LogP contribution in [-0.2, 0) is 11.3 Å². The number of carbonyl (C=O) groups is 1. The topological polar surface area (TPSA) is 80.9 Å². The fraction of sp³-hybridized carbons (Fsp3) is 0.294. The van der Waals surface area contributed by atoms with E-state index in [4.69, 9.17) is 4.42 Å². The van der Waals surface area contributed by atoms with Gasteiger partial charge in [0.25, 0.3) is 11.1 Å². The quantitative estimate of drug-likeness (QED) is 0.636. The Morgan fingerprint density at radius 3 is 2.88 bits per heavy atom. The molecule has 0 bridgehead atoms. The Morgan fingerprint density at radius 2 is 2.20 bits per heavy atom. The van der Waals surface area contributed by atoms with Crippen LogP contribution in [0, 0.1) is 5.92 Å². The van der Waals surface area contributed by atoms with Crippen LogP contribution in [0.2, 0.25) is 0 Å². The van der Waals surface area contributed by atoms with E-state index in [9.17, 15) is 4.79 Å². The molecule has 0 unspecified atom stereocenters. The van der Waals surface area contributed by atoms with E-state index in [1.807, 2.05) is 43.5 Å². The lowest BCUT2D eigenvalue weighted by Gasteiger charge is -2.17. The first kappa shape index (κ1) is 17.6. The summed E-state index contributed by atoms with van der Waals surface area (Å²) in [5.74, 6) is 0.548. The molecule has 0 aliphatic heterocycles. The van der Waals surface area contributed by atoms with Crippen LogP contribution in [0.3, 0.4) is 0 Å². The first-order chi connectivity index (χ1) is 12.1. The molecule has 8 heteroatoms. The third kappa shape index (κ3) is 4.67. The Hall–Kier alpha value is -2.19. The molecule has 0 aromatic carbocycles. The van der Waals surface area contributed by atoms with Gasteiger partial charge in [-0.05, 0) is 29.0 Å². The summed E-state index contributed by atoms with van der Waals surface area (Å²) in [5, 5.41) is 13.1. The second kappa shape index (κ2) is 8.26. The highest BCUT2D eigenvalue weighted by Crippen LogP contribution is 2.31. The molecule has 1 amide bonds. The molecule has 1 atom stereocenters. The van der Waals surface area contributed by atoms with Crippen LogP contribution in [0.5, 0.6) is 0 Å². The predicted molar refractivity (Wildman–Crippen MR) is 98.2 cm³/mol. The predicted octanol–water partition coefficient (Wildman–Crippen LogP) is 3.63. The summed E-state index contributed by atoms with van der Waals surface area (Å²) >= 11 is 2.83. The van der Waals surface area contributed by atoms with Gasteiger partial charge in [0, 0.05) is 18.9 Å². The largest absolute Gasteiger partial charge is 0.410 e. The first-order valence-corrected chi connectivity index (χ1v) is 9.60. The van der Waals surface area contributed by atoms with Crippen molar-refractivity contribution in [2.24, 2.45) is 5.92 Å². The van der Waals surface area contributed by atoms with Crippen LogP contribution in [-0.4, -0.2) is 26.3 Å². The average Bonchev–Trinajstić information content (AvgIpc) is 3.29. The van der Waals surface area contributed by atoms with Crippen LogP contribution in [0.4, 0.5) is 0 Å². The SMILES string of the molecule is CC(C)[C@H](Sc1nnc(-c2cccs2)o1)C(=O)NCc1cccnc1. The summed E-state index contributed by atoms with van der Waals surface area (Å²) in [5.41, 5.74) is 0.959. The molecule has 0 aliphatic carbocycles. The highest BCUT2D eigenvalue weighted by Gasteiger charge is 2.26. The highest BCUT2D eigenvalue weighted by molar-refractivity contribution is 8.00. The van der Waals surface area contributed by atoms with E-state index in [2.05, 4.69) is 20.5 Å². The Bertz CT molecular complexity index is 803. The third-order valence-electron chi connectivity index (χ3n) is 3.42. The molecule has 0 saturated carbocycles. The van der Waals surface area contributed by atoms with Gasteiger partial charge in [-0.3, -0.25) is 9.78 Å². The van der Waals surface area contributed by atoms with Crippen LogP contribution < -0.4 is 5.32 Å². The van der Waals surface area contributed by atoms with Gasteiger partial charge in [0.1, 0.15) is 0 Å². The monoisotopic (exact) mass is 374 g/mol. The molecule has 1 N–H and O–H groups in total. The Balaban J connectivity index is 1.64. The number of pyridine rings is 1. The van der Waals surface area contributed by atoms with Crippen LogP contribution in [0.15, 0.2) is 51.7 Å². The first-order valence-electron chi connectivity index (χ1n) is 7.84. The lowest BCUT2D eigenvalue weighted by molar-refractivity contribution is -0.121. The summed E-state index contributed by atoms with van der Waals surface area (Å²) in [4.78, 5) is 17.5. The van der Waals surface area contributed by atoms with Gasteiger partial charge in [-0.1, -0.05) is 37.7 Å². The van der Waals surface area contributed by atoms with Gasteiger partial charge in [0.15, 0.2) is 0 Å². The number of nitrogens with zero attached hydrogens (tertiary/aromatic N) is 3. The maximum absolute atomic E-state index is 12.6. The zero-order valence-electron chi connectivity index (χ0n) is 13.9. The molecule has 0 saturated heterocycles. The van der Waals surface area contributed by atoms with E-state index >= 15 is 0 Å². The van der Waals surface area contributed by atoms with Gasteiger partial charge < -0.3 is 9.73 Å². The molecule has 6 nitrogen and oxygen atoms in total. The summed E-state index contributed by atoms with van der Waals surface area (Å²) < 4.78 is 5.68. The van der Waals surface area contributed by atoms with Gasteiger partial charge in [-0.2, -0.15) is 0 Å². The molecule has 130 valence electrons. The van der Waals surface area contributed by atoms with Crippen molar-refractivity contribution in [3.63, 3.8) is 0 Å².